The number of carbonyl (C=O) groups excluding carboxylic acids is 2. The Morgan fingerprint density at radius 2 is 1.88 bits per heavy atom. The Bertz CT molecular complexity index is 1090. The van der Waals surface area contributed by atoms with Gasteiger partial charge in [0.2, 0.25) is 21.8 Å². The third-order valence-electron chi connectivity index (χ3n) is 5.83. The summed E-state index contributed by atoms with van der Waals surface area (Å²) in [5, 5.41) is 13.8. The van der Waals surface area contributed by atoms with E-state index < -0.39 is 16.3 Å². The van der Waals surface area contributed by atoms with E-state index in [2.05, 4.69) is 21.0 Å². The molecule has 0 bridgehead atoms. The van der Waals surface area contributed by atoms with E-state index in [0.717, 1.165) is 5.56 Å². The van der Waals surface area contributed by atoms with Crippen molar-refractivity contribution in [1.29, 1.82) is 0 Å². The minimum absolute atomic E-state index is 0.0398. The quantitative estimate of drug-likeness (QED) is 0.614. The molecule has 2 aliphatic heterocycles. The van der Waals surface area contributed by atoms with Crippen molar-refractivity contribution in [2.75, 3.05) is 24.7 Å². The highest BCUT2D eigenvalue weighted by Gasteiger charge is 2.31. The monoisotopic (exact) mass is 460 g/mol. The summed E-state index contributed by atoms with van der Waals surface area (Å²) in [5.74, 6) is -0.117. The molecule has 2 amide bonds. The zero-order chi connectivity index (χ0) is 22.9. The molecule has 2 fully saturated rings. The number of benzene rings is 1. The molecular weight excluding hydrogens is 432 g/mol. The van der Waals surface area contributed by atoms with Gasteiger partial charge in [-0.25, -0.2) is 17.4 Å². The second kappa shape index (κ2) is 9.00. The van der Waals surface area contributed by atoms with Crippen molar-refractivity contribution in [3.05, 3.63) is 36.4 Å². The van der Waals surface area contributed by atoms with Gasteiger partial charge in [-0.3, -0.25) is 14.9 Å². The molecule has 11 heteroatoms. The van der Waals surface area contributed by atoms with Crippen LogP contribution in [0, 0.1) is 5.92 Å². The summed E-state index contributed by atoms with van der Waals surface area (Å²) >= 11 is 0. The lowest BCUT2D eigenvalue weighted by atomic mass is 9.97. The van der Waals surface area contributed by atoms with E-state index in [1.807, 2.05) is 37.3 Å². The van der Waals surface area contributed by atoms with Crippen LogP contribution in [0.2, 0.25) is 0 Å². The molecular formula is C21H28N6O4S. The number of aromatic nitrogens is 2. The third kappa shape index (κ3) is 5.00. The molecule has 1 aromatic heterocycles. The van der Waals surface area contributed by atoms with E-state index in [4.69, 9.17) is 0 Å². The Kier molecular flexibility index (Phi) is 6.31. The van der Waals surface area contributed by atoms with Crippen LogP contribution in [-0.4, -0.2) is 59.7 Å². The number of hydrogen-bond donors (Lipinski definition) is 3. The van der Waals surface area contributed by atoms with Crippen LogP contribution in [0.1, 0.15) is 32.5 Å². The van der Waals surface area contributed by atoms with Crippen LogP contribution in [0.5, 0.6) is 0 Å². The number of rotatable bonds is 5. The van der Waals surface area contributed by atoms with Gasteiger partial charge in [0.05, 0.1) is 11.9 Å². The third-order valence-corrected chi connectivity index (χ3v) is 7.13. The largest absolute Gasteiger partial charge is 0.322 e. The average Bonchev–Trinajstić information content (AvgIpc) is 3.17. The molecule has 32 heavy (non-hydrogen) atoms. The van der Waals surface area contributed by atoms with Crippen molar-refractivity contribution in [2.24, 2.45) is 5.92 Å². The number of anilines is 1. The van der Waals surface area contributed by atoms with E-state index in [1.165, 1.54) is 10.6 Å². The summed E-state index contributed by atoms with van der Waals surface area (Å²) < 4.78 is 26.5. The van der Waals surface area contributed by atoms with Gasteiger partial charge in [-0.05, 0) is 19.8 Å². The molecule has 2 saturated heterocycles. The van der Waals surface area contributed by atoms with Gasteiger partial charge in [-0.2, -0.15) is 5.10 Å². The number of hydrogen-bond acceptors (Lipinski definition) is 6. The lowest BCUT2D eigenvalue weighted by Crippen LogP contribution is -2.52. The number of nitrogens with one attached hydrogen (secondary N) is 3. The molecule has 172 valence electrons. The van der Waals surface area contributed by atoms with E-state index in [-0.39, 0.29) is 23.8 Å². The van der Waals surface area contributed by atoms with Crippen molar-refractivity contribution in [2.45, 2.75) is 38.5 Å². The van der Waals surface area contributed by atoms with Gasteiger partial charge in [-0.15, -0.1) is 0 Å². The predicted octanol–water partition coefficient (Wildman–Crippen LogP) is 1.11. The maximum absolute atomic E-state index is 13.0. The molecule has 3 heterocycles. The van der Waals surface area contributed by atoms with Gasteiger partial charge in [0, 0.05) is 43.1 Å². The van der Waals surface area contributed by atoms with Gasteiger partial charge >= 0.3 is 0 Å². The van der Waals surface area contributed by atoms with Crippen LogP contribution in [0.25, 0.3) is 11.3 Å². The standard InChI is InChI=1S/C21H28N6O4S/c1-14-12-19(28)24-21(22-14)27-18(13-17(25-27)15-6-4-3-5-7-15)23-20(29)16-8-10-26(11-9-16)32(2,30)31/h3-7,13-14,16,21-22H,8-12H2,1-2H3,(H,23,29)(H,24,28). The first-order valence-electron chi connectivity index (χ1n) is 10.7. The SMILES string of the molecule is CC1CC(=O)NC(n2nc(-c3ccccc3)cc2NC(=O)C2CCN(S(C)(=O)=O)CC2)N1. The molecule has 2 aliphatic rings. The molecule has 10 nitrogen and oxygen atoms in total. The zero-order valence-electron chi connectivity index (χ0n) is 18.1. The number of piperidine rings is 1. The van der Waals surface area contributed by atoms with Crippen molar-refractivity contribution < 1.29 is 18.0 Å². The predicted molar refractivity (Wildman–Crippen MR) is 120 cm³/mol. The minimum Gasteiger partial charge on any atom is -0.322 e. The van der Waals surface area contributed by atoms with E-state index in [0.29, 0.717) is 43.9 Å². The average molecular weight is 461 g/mol. The van der Waals surface area contributed by atoms with Gasteiger partial charge in [0.25, 0.3) is 0 Å². The summed E-state index contributed by atoms with van der Waals surface area (Å²) in [4.78, 5) is 25.1. The molecule has 3 N–H and O–H groups in total. The Morgan fingerprint density at radius 3 is 2.50 bits per heavy atom. The van der Waals surface area contributed by atoms with Crippen LogP contribution in [0.3, 0.4) is 0 Å². The topological polar surface area (TPSA) is 125 Å². The van der Waals surface area contributed by atoms with Crippen molar-refractivity contribution in [3.8, 4) is 11.3 Å². The summed E-state index contributed by atoms with van der Waals surface area (Å²) in [7, 11) is -3.25. The van der Waals surface area contributed by atoms with Crippen LogP contribution < -0.4 is 16.0 Å². The van der Waals surface area contributed by atoms with E-state index >= 15 is 0 Å². The Hall–Kier alpha value is -2.76. The Balaban J connectivity index is 1.56. The second-order valence-electron chi connectivity index (χ2n) is 8.39. The van der Waals surface area contributed by atoms with Crippen molar-refractivity contribution in [1.82, 2.24) is 24.7 Å². The fourth-order valence-electron chi connectivity index (χ4n) is 4.10. The van der Waals surface area contributed by atoms with Crippen LogP contribution in [-0.2, 0) is 19.6 Å². The Labute approximate surface area is 187 Å². The zero-order valence-corrected chi connectivity index (χ0v) is 18.9. The maximum Gasteiger partial charge on any atom is 0.228 e. The highest BCUT2D eigenvalue weighted by atomic mass is 32.2. The number of sulfonamides is 1. The van der Waals surface area contributed by atoms with Gasteiger partial charge in [-0.1, -0.05) is 30.3 Å². The summed E-state index contributed by atoms with van der Waals surface area (Å²) in [6, 6.07) is 11.3. The lowest BCUT2D eigenvalue weighted by molar-refractivity contribution is -0.125. The number of nitrogens with zero attached hydrogens (tertiary/aromatic N) is 3. The van der Waals surface area contributed by atoms with E-state index in [1.54, 1.807) is 10.7 Å². The highest BCUT2D eigenvalue weighted by molar-refractivity contribution is 7.88. The first kappa shape index (κ1) is 22.4. The first-order chi connectivity index (χ1) is 15.2. The van der Waals surface area contributed by atoms with Gasteiger partial charge < -0.3 is 10.6 Å². The van der Waals surface area contributed by atoms with Crippen molar-refractivity contribution in [3.63, 3.8) is 0 Å². The van der Waals surface area contributed by atoms with Crippen LogP contribution in [0.4, 0.5) is 5.82 Å². The molecule has 0 radical (unpaired) electrons. The number of carbonyl (C=O) groups is 2. The fourth-order valence-corrected chi connectivity index (χ4v) is 4.98. The molecule has 2 unspecified atom stereocenters. The summed E-state index contributed by atoms with van der Waals surface area (Å²) in [5.41, 5.74) is 1.56. The Morgan fingerprint density at radius 1 is 1.19 bits per heavy atom. The van der Waals surface area contributed by atoms with Gasteiger partial charge in [0.15, 0.2) is 6.29 Å². The maximum atomic E-state index is 13.0. The fraction of sp³-hybridized carbons (Fsp3) is 0.476. The molecule has 0 spiro atoms. The first-order valence-corrected chi connectivity index (χ1v) is 12.5. The smallest absolute Gasteiger partial charge is 0.228 e. The molecule has 0 saturated carbocycles. The molecule has 2 aromatic rings. The molecule has 0 aliphatic carbocycles. The minimum atomic E-state index is -3.25. The molecule has 4 rings (SSSR count). The lowest BCUT2D eigenvalue weighted by Gasteiger charge is -2.31. The van der Waals surface area contributed by atoms with E-state index in [9.17, 15) is 18.0 Å². The van der Waals surface area contributed by atoms with Crippen LogP contribution in [0.15, 0.2) is 36.4 Å². The summed E-state index contributed by atoms with van der Waals surface area (Å²) in [6.45, 7) is 2.56. The highest BCUT2D eigenvalue weighted by Crippen LogP contribution is 2.26. The molecule has 2 atom stereocenters. The number of amides is 2. The second-order valence-corrected chi connectivity index (χ2v) is 10.4. The summed E-state index contributed by atoms with van der Waals surface area (Å²) in [6.07, 6.45) is 1.86. The normalized spacial score (nSPS) is 23.0. The van der Waals surface area contributed by atoms with Gasteiger partial charge in [0.1, 0.15) is 5.82 Å². The molecule has 1 aromatic carbocycles. The van der Waals surface area contributed by atoms with Crippen LogP contribution >= 0.6 is 0 Å². The van der Waals surface area contributed by atoms with Crippen molar-refractivity contribution >= 4 is 27.7 Å².